The molecule has 1 fully saturated rings. The van der Waals surface area contributed by atoms with Crippen LogP contribution < -0.4 is 4.72 Å². The normalized spacial score (nSPS) is 17.9. The monoisotopic (exact) mass is 430 g/mol. The van der Waals surface area contributed by atoms with Gasteiger partial charge in [0.15, 0.2) is 0 Å². The number of carbonyl (C=O) groups excluding carboxylic acids is 1. The quantitative estimate of drug-likeness (QED) is 0.756. The zero-order chi connectivity index (χ0) is 21.2. The van der Waals surface area contributed by atoms with Gasteiger partial charge in [-0.1, -0.05) is 18.2 Å². The highest BCUT2D eigenvalue weighted by Gasteiger charge is 2.34. The van der Waals surface area contributed by atoms with Crippen molar-refractivity contribution in [2.24, 2.45) is 0 Å². The molecule has 1 N–H and O–H groups in total. The predicted octanol–water partition coefficient (Wildman–Crippen LogP) is 3.43. The molecule has 0 aliphatic carbocycles. The molecule has 0 spiro atoms. The minimum absolute atomic E-state index is 0.0353. The summed E-state index contributed by atoms with van der Waals surface area (Å²) in [4.78, 5) is 12.9. The summed E-state index contributed by atoms with van der Waals surface area (Å²) >= 11 is 0. The molecular weight excluding hydrogens is 412 g/mol. The molecule has 0 saturated carbocycles. The Morgan fingerprint density at radius 2 is 1.79 bits per heavy atom. The van der Waals surface area contributed by atoms with E-state index >= 15 is 0 Å². The van der Waals surface area contributed by atoms with Crippen LogP contribution in [-0.2, 0) is 16.2 Å². The van der Waals surface area contributed by atoms with Crippen molar-refractivity contribution in [3.63, 3.8) is 0 Å². The van der Waals surface area contributed by atoms with Gasteiger partial charge >= 0.3 is 6.18 Å². The second-order valence-electron chi connectivity index (χ2n) is 6.72. The number of amides is 1. The molecule has 1 unspecified atom stereocenters. The van der Waals surface area contributed by atoms with Gasteiger partial charge in [-0.3, -0.25) is 4.79 Å². The number of nitrogens with one attached hydrogen (secondary N) is 1. The molecule has 10 heteroatoms. The molecule has 2 aromatic rings. The summed E-state index contributed by atoms with van der Waals surface area (Å²) in [6, 6.07) is 8.92. The summed E-state index contributed by atoms with van der Waals surface area (Å²) in [7, 11) is -4.55. The highest BCUT2D eigenvalue weighted by atomic mass is 32.2. The van der Waals surface area contributed by atoms with Crippen LogP contribution in [0.3, 0.4) is 0 Å². The molecule has 1 atom stereocenters. The van der Waals surface area contributed by atoms with E-state index in [1.807, 2.05) is 0 Å². The molecule has 1 aliphatic rings. The second kappa shape index (κ2) is 8.11. The lowest BCUT2D eigenvalue weighted by molar-refractivity contribution is -0.137. The lowest BCUT2D eigenvalue weighted by Gasteiger charge is -2.33. The highest BCUT2D eigenvalue weighted by molar-refractivity contribution is 7.89. The first kappa shape index (κ1) is 21.3. The number of alkyl halides is 3. The molecule has 0 aromatic heterocycles. The van der Waals surface area contributed by atoms with E-state index in [1.165, 1.54) is 4.90 Å². The number of sulfonamides is 1. The van der Waals surface area contributed by atoms with E-state index in [2.05, 4.69) is 4.72 Å². The van der Waals surface area contributed by atoms with E-state index in [0.717, 1.165) is 0 Å². The molecule has 1 amide bonds. The van der Waals surface area contributed by atoms with Crippen molar-refractivity contribution in [3.8, 4) is 0 Å². The number of carbonyl (C=O) groups is 1. The second-order valence-corrected chi connectivity index (χ2v) is 8.40. The van der Waals surface area contributed by atoms with Crippen LogP contribution in [0, 0.1) is 5.82 Å². The fraction of sp³-hybridized carbons (Fsp3) is 0.316. The maximum atomic E-state index is 14.0. The van der Waals surface area contributed by atoms with Gasteiger partial charge < -0.3 is 4.90 Å². The average molecular weight is 430 g/mol. The standard InChI is InChI=1S/C19H18F4N2O3S/c20-16-9-8-14(19(21,22)23)11-17(16)29(27,28)24-15-7-4-10-25(12-15)18(26)13-5-2-1-3-6-13/h1-3,5-6,8-9,11,15,24H,4,7,10,12H2. The summed E-state index contributed by atoms with van der Waals surface area (Å²) in [5, 5.41) is 0. The Hall–Kier alpha value is -2.46. The Balaban J connectivity index is 1.78. The molecule has 1 saturated heterocycles. The number of nitrogens with zero attached hydrogens (tertiary/aromatic N) is 1. The molecule has 2 aromatic carbocycles. The Morgan fingerprint density at radius 3 is 2.45 bits per heavy atom. The maximum Gasteiger partial charge on any atom is 0.416 e. The molecule has 29 heavy (non-hydrogen) atoms. The fourth-order valence-electron chi connectivity index (χ4n) is 3.19. The number of benzene rings is 2. The van der Waals surface area contributed by atoms with E-state index in [1.54, 1.807) is 30.3 Å². The van der Waals surface area contributed by atoms with Gasteiger partial charge in [0.1, 0.15) is 10.7 Å². The van der Waals surface area contributed by atoms with Crippen LogP contribution in [0.15, 0.2) is 53.4 Å². The van der Waals surface area contributed by atoms with Crippen molar-refractivity contribution in [2.45, 2.75) is 30.0 Å². The van der Waals surface area contributed by atoms with Crippen LogP contribution >= 0.6 is 0 Å². The number of piperidine rings is 1. The molecule has 156 valence electrons. The van der Waals surface area contributed by atoms with Gasteiger partial charge in [-0.15, -0.1) is 0 Å². The Labute approximate surface area is 165 Å². The maximum absolute atomic E-state index is 14.0. The molecule has 0 bridgehead atoms. The van der Waals surface area contributed by atoms with Crippen molar-refractivity contribution in [1.29, 1.82) is 0 Å². The number of hydrogen-bond acceptors (Lipinski definition) is 3. The number of halogens is 4. The van der Waals surface area contributed by atoms with Crippen molar-refractivity contribution < 1.29 is 30.8 Å². The first-order valence-electron chi connectivity index (χ1n) is 8.81. The Kier molecular flexibility index (Phi) is 5.95. The molecule has 0 radical (unpaired) electrons. The van der Waals surface area contributed by atoms with Gasteiger partial charge in [0.2, 0.25) is 10.0 Å². The van der Waals surface area contributed by atoms with Gasteiger partial charge in [-0.05, 0) is 43.2 Å². The first-order valence-corrected chi connectivity index (χ1v) is 10.3. The molecule has 1 heterocycles. The van der Waals surface area contributed by atoms with Gasteiger partial charge in [-0.25, -0.2) is 17.5 Å². The number of rotatable bonds is 4. The minimum atomic E-state index is -4.80. The SMILES string of the molecule is O=C(c1ccccc1)N1CCCC(NS(=O)(=O)c2cc(C(F)(F)F)ccc2F)C1. The zero-order valence-corrected chi connectivity index (χ0v) is 15.9. The average Bonchev–Trinajstić information content (AvgIpc) is 2.67. The zero-order valence-electron chi connectivity index (χ0n) is 15.1. The smallest absolute Gasteiger partial charge is 0.337 e. The van der Waals surface area contributed by atoms with Gasteiger partial charge in [0.25, 0.3) is 5.91 Å². The third kappa shape index (κ3) is 4.94. The molecular formula is C19H18F4N2O3S. The topological polar surface area (TPSA) is 66.5 Å². The van der Waals surface area contributed by atoms with Gasteiger partial charge in [-0.2, -0.15) is 13.2 Å². The van der Waals surface area contributed by atoms with Crippen LogP contribution in [-0.4, -0.2) is 38.4 Å². The molecule has 5 nitrogen and oxygen atoms in total. The summed E-state index contributed by atoms with van der Waals surface area (Å²) in [5.41, 5.74) is -0.816. The molecule has 3 rings (SSSR count). The van der Waals surface area contributed by atoms with Crippen molar-refractivity contribution in [3.05, 3.63) is 65.5 Å². The summed E-state index contributed by atoms with van der Waals surface area (Å²) in [5.74, 6) is -1.56. The lowest BCUT2D eigenvalue weighted by atomic mass is 10.1. The fourth-order valence-corrected chi connectivity index (χ4v) is 4.55. The Bertz CT molecular complexity index is 994. The number of hydrogen-bond donors (Lipinski definition) is 1. The van der Waals surface area contributed by atoms with Gasteiger partial charge in [0.05, 0.1) is 5.56 Å². The largest absolute Gasteiger partial charge is 0.416 e. The summed E-state index contributed by atoms with van der Waals surface area (Å²) < 4.78 is 79.9. The summed E-state index contributed by atoms with van der Waals surface area (Å²) in [6.07, 6.45) is -3.93. The summed E-state index contributed by atoms with van der Waals surface area (Å²) in [6.45, 7) is 0.456. The van der Waals surface area contributed by atoms with Crippen LogP contribution in [0.4, 0.5) is 17.6 Å². The van der Waals surface area contributed by atoms with E-state index in [-0.39, 0.29) is 18.5 Å². The van der Waals surface area contributed by atoms with Crippen LogP contribution in [0.1, 0.15) is 28.8 Å². The van der Waals surface area contributed by atoms with E-state index in [4.69, 9.17) is 0 Å². The Morgan fingerprint density at radius 1 is 1.10 bits per heavy atom. The minimum Gasteiger partial charge on any atom is -0.337 e. The van der Waals surface area contributed by atoms with Gasteiger partial charge in [0, 0.05) is 24.7 Å². The van der Waals surface area contributed by atoms with E-state index in [0.29, 0.717) is 37.1 Å². The van der Waals surface area contributed by atoms with Crippen LogP contribution in [0.2, 0.25) is 0 Å². The first-order chi connectivity index (χ1) is 13.6. The van der Waals surface area contributed by atoms with Crippen molar-refractivity contribution in [1.82, 2.24) is 9.62 Å². The highest BCUT2D eigenvalue weighted by Crippen LogP contribution is 2.31. The van der Waals surface area contributed by atoms with Crippen LogP contribution in [0.25, 0.3) is 0 Å². The predicted molar refractivity (Wildman–Crippen MR) is 97.1 cm³/mol. The van der Waals surface area contributed by atoms with Crippen molar-refractivity contribution in [2.75, 3.05) is 13.1 Å². The third-order valence-electron chi connectivity index (χ3n) is 4.60. The van der Waals surface area contributed by atoms with Crippen molar-refractivity contribution >= 4 is 15.9 Å². The van der Waals surface area contributed by atoms with E-state index in [9.17, 15) is 30.8 Å². The lowest BCUT2D eigenvalue weighted by Crippen LogP contribution is -2.49. The third-order valence-corrected chi connectivity index (χ3v) is 6.13. The number of likely N-dealkylation sites (tertiary alicyclic amines) is 1. The molecule has 1 aliphatic heterocycles. The van der Waals surface area contributed by atoms with E-state index < -0.39 is 38.5 Å². The van der Waals surface area contributed by atoms with Crippen LogP contribution in [0.5, 0.6) is 0 Å².